The van der Waals surface area contributed by atoms with Gasteiger partial charge in [0.15, 0.2) is 0 Å². The summed E-state index contributed by atoms with van der Waals surface area (Å²) in [5.74, 6) is 2.15. The van der Waals surface area contributed by atoms with Crippen LogP contribution < -0.4 is 9.47 Å². The molecule has 0 unspecified atom stereocenters. The van der Waals surface area contributed by atoms with Gasteiger partial charge in [-0.05, 0) is 84.9 Å². The fraction of sp³-hybridized carbons (Fsp3) is 0. The van der Waals surface area contributed by atoms with Gasteiger partial charge in [0.25, 0.3) is 0 Å². The van der Waals surface area contributed by atoms with E-state index in [0.717, 1.165) is 0 Å². The molecule has 0 atom stereocenters. The van der Waals surface area contributed by atoms with Crippen molar-refractivity contribution in [3.63, 3.8) is 0 Å². The lowest BCUT2D eigenvalue weighted by Gasteiger charge is -2.09. The SMILES string of the molecule is O=S(=O)(c1ccc(Oc2cccc(Cl)c2)cc1)c1ccc(Oc2cccc(Cl)c2)cc1. The minimum Gasteiger partial charge on any atom is -0.457 e. The van der Waals surface area contributed by atoms with Gasteiger partial charge in [-0.2, -0.15) is 0 Å². The zero-order chi connectivity index (χ0) is 21.8. The summed E-state index contributed by atoms with van der Waals surface area (Å²) in [5, 5.41) is 1.11. The van der Waals surface area contributed by atoms with E-state index in [4.69, 9.17) is 32.7 Å². The van der Waals surface area contributed by atoms with Crippen LogP contribution in [-0.2, 0) is 9.84 Å². The number of ether oxygens (including phenoxy) is 2. The van der Waals surface area contributed by atoms with Crippen LogP contribution >= 0.6 is 23.2 Å². The van der Waals surface area contributed by atoms with Gasteiger partial charge in [-0.1, -0.05) is 35.3 Å². The van der Waals surface area contributed by atoms with Crippen molar-refractivity contribution in [3.05, 3.63) is 107 Å². The molecule has 0 aromatic heterocycles. The molecule has 31 heavy (non-hydrogen) atoms. The molecule has 0 radical (unpaired) electrons. The lowest BCUT2D eigenvalue weighted by Crippen LogP contribution is -2.01. The Morgan fingerprint density at radius 3 is 1.26 bits per heavy atom. The second-order valence-corrected chi connectivity index (χ2v) is 9.39. The van der Waals surface area contributed by atoms with Crippen molar-refractivity contribution in [1.29, 1.82) is 0 Å². The number of hydrogen-bond acceptors (Lipinski definition) is 4. The quantitative estimate of drug-likeness (QED) is 0.294. The monoisotopic (exact) mass is 470 g/mol. The van der Waals surface area contributed by atoms with Crippen molar-refractivity contribution >= 4 is 33.0 Å². The summed E-state index contributed by atoms with van der Waals surface area (Å²) < 4.78 is 37.3. The first kappa shape index (κ1) is 21.2. The molecular weight excluding hydrogens is 455 g/mol. The summed E-state index contributed by atoms with van der Waals surface area (Å²) >= 11 is 11.9. The van der Waals surface area contributed by atoms with E-state index in [2.05, 4.69) is 0 Å². The highest BCUT2D eigenvalue weighted by atomic mass is 35.5. The molecule has 4 aromatic rings. The van der Waals surface area contributed by atoms with Crippen molar-refractivity contribution in [2.75, 3.05) is 0 Å². The predicted molar refractivity (Wildman–Crippen MR) is 121 cm³/mol. The van der Waals surface area contributed by atoms with Crippen molar-refractivity contribution in [3.8, 4) is 23.0 Å². The molecule has 4 aromatic carbocycles. The summed E-state index contributed by atoms with van der Waals surface area (Å²) in [7, 11) is -3.68. The van der Waals surface area contributed by atoms with Gasteiger partial charge >= 0.3 is 0 Å². The Hall–Kier alpha value is -2.99. The predicted octanol–water partition coefficient (Wildman–Crippen LogP) is 7.41. The zero-order valence-corrected chi connectivity index (χ0v) is 18.4. The van der Waals surface area contributed by atoms with E-state index in [-0.39, 0.29) is 9.79 Å². The summed E-state index contributed by atoms with van der Waals surface area (Å²) in [5.41, 5.74) is 0. The van der Waals surface area contributed by atoms with Crippen LogP contribution in [0.5, 0.6) is 23.0 Å². The van der Waals surface area contributed by atoms with Crippen LogP contribution in [-0.4, -0.2) is 8.42 Å². The second kappa shape index (κ2) is 9.02. The first-order valence-electron chi connectivity index (χ1n) is 9.22. The lowest BCUT2D eigenvalue weighted by atomic mass is 10.3. The van der Waals surface area contributed by atoms with Gasteiger partial charge in [0.1, 0.15) is 23.0 Å². The molecule has 156 valence electrons. The normalized spacial score (nSPS) is 11.2. The van der Waals surface area contributed by atoms with E-state index >= 15 is 0 Å². The second-order valence-electron chi connectivity index (χ2n) is 6.57. The summed E-state index contributed by atoms with van der Waals surface area (Å²) in [6.07, 6.45) is 0. The van der Waals surface area contributed by atoms with Gasteiger partial charge in [-0.3, -0.25) is 0 Å². The molecule has 4 nitrogen and oxygen atoms in total. The Kier molecular flexibility index (Phi) is 6.18. The largest absolute Gasteiger partial charge is 0.457 e. The van der Waals surface area contributed by atoms with Crippen LogP contribution in [0, 0.1) is 0 Å². The zero-order valence-electron chi connectivity index (χ0n) is 16.0. The van der Waals surface area contributed by atoms with Crippen molar-refractivity contribution in [2.45, 2.75) is 9.79 Å². The van der Waals surface area contributed by atoms with Gasteiger partial charge in [0.05, 0.1) is 9.79 Å². The maximum Gasteiger partial charge on any atom is 0.206 e. The highest BCUT2D eigenvalue weighted by Crippen LogP contribution is 2.29. The topological polar surface area (TPSA) is 52.6 Å². The molecule has 0 aliphatic heterocycles. The maximum atomic E-state index is 12.9. The third kappa shape index (κ3) is 5.20. The Balaban J connectivity index is 1.50. The van der Waals surface area contributed by atoms with E-state index in [1.54, 1.807) is 72.8 Å². The third-order valence-corrected chi connectivity index (χ3v) is 6.59. The first-order chi connectivity index (χ1) is 14.9. The lowest BCUT2D eigenvalue weighted by molar-refractivity contribution is 0.482. The number of benzene rings is 4. The van der Waals surface area contributed by atoms with Crippen LogP contribution in [0.15, 0.2) is 107 Å². The molecule has 0 saturated carbocycles. The molecule has 0 saturated heterocycles. The van der Waals surface area contributed by atoms with Crippen LogP contribution in [0.25, 0.3) is 0 Å². The fourth-order valence-corrected chi connectivity index (χ4v) is 4.46. The highest BCUT2D eigenvalue weighted by Gasteiger charge is 2.18. The molecule has 0 aliphatic rings. The maximum absolute atomic E-state index is 12.9. The van der Waals surface area contributed by atoms with E-state index in [0.29, 0.717) is 33.0 Å². The number of sulfone groups is 1. The minimum absolute atomic E-state index is 0.162. The van der Waals surface area contributed by atoms with Gasteiger partial charge in [-0.15, -0.1) is 0 Å². The molecule has 0 N–H and O–H groups in total. The molecule has 7 heteroatoms. The Bertz CT molecular complexity index is 1210. The summed E-state index contributed by atoms with van der Waals surface area (Å²) in [4.78, 5) is 0.323. The molecule has 0 amide bonds. The number of hydrogen-bond donors (Lipinski definition) is 0. The number of halogens is 2. The van der Waals surface area contributed by atoms with Crippen molar-refractivity contribution in [2.24, 2.45) is 0 Å². The van der Waals surface area contributed by atoms with Gasteiger partial charge in [0, 0.05) is 10.0 Å². The Morgan fingerprint density at radius 1 is 0.516 bits per heavy atom. The van der Waals surface area contributed by atoms with Crippen molar-refractivity contribution < 1.29 is 17.9 Å². The van der Waals surface area contributed by atoms with Crippen LogP contribution in [0.4, 0.5) is 0 Å². The Labute approximate surface area is 190 Å². The number of rotatable bonds is 6. The van der Waals surface area contributed by atoms with Gasteiger partial charge < -0.3 is 9.47 Å². The van der Waals surface area contributed by atoms with Crippen molar-refractivity contribution in [1.82, 2.24) is 0 Å². The van der Waals surface area contributed by atoms with Gasteiger partial charge in [0.2, 0.25) is 9.84 Å². The Morgan fingerprint density at radius 2 is 0.903 bits per heavy atom. The molecular formula is C24H16Cl2O4S. The smallest absolute Gasteiger partial charge is 0.206 e. The van der Waals surface area contributed by atoms with Crippen LogP contribution in [0.1, 0.15) is 0 Å². The van der Waals surface area contributed by atoms with E-state index in [1.165, 1.54) is 24.3 Å². The molecule has 0 bridgehead atoms. The average Bonchev–Trinajstić information content (AvgIpc) is 2.75. The standard InChI is InChI=1S/C24H16Cl2O4S/c25-17-3-1-5-21(15-17)29-19-7-11-23(12-8-19)31(27,28)24-13-9-20(10-14-24)30-22-6-2-4-18(26)16-22/h1-16H. The van der Waals surface area contributed by atoms with E-state index in [1.807, 2.05) is 0 Å². The average molecular weight is 471 g/mol. The molecule has 0 heterocycles. The fourth-order valence-electron chi connectivity index (χ4n) is 2.84. The summed E-state index contributed by atoms with van der Waals surface area (Å²) in [6, 6.07) is 26.4. The molecule has 0 spiro atoms. The highest BCUT2D eigenvalue weighted by molar-refractivity contribution is 7.91. The molecule has 0 fully saturated rings. The van der Waals surface area contributed by atoms with Crippen LogP contribution in [0.3, 0.4) is 0 Å². The van der Waals surface area contributed by atoms with E-state index in [9.17, 15) is 8.42 Å². The first-order valence-corrected chi connectivity index (χ1v) is 11.5. The van der Waals surface area contributed by atoms with Crippen LogP contribution in [0.2, 0.25) is 10.0 Å². The third-order valence-electron chi connectivity index (χ3n) is 4.33. The van der Waals surface area contributed by atoms with E-state index < -0.39 is 9.84 Å². The minimum atomic E-state index is -3.68. The molecule has 0 aliphatic carbocycles. The summed E-state index contributed by atoms with van der Waals surface area (Å²) in [6.45, 7) is 0. The van der Waals surface area contributed by atoms with Gasteiger partial charge in [-0.25, -0.2) is 8.42 Å². The molecule has 4 rings (SSSR count).